The molecule has 2 rings (SSSR count). The van der Waals surface area contributed by atoms with Crippen LogP contribution in [0, 0.1) is 0 Å². The second-order valence-corrected chi connectivity index (χ2v) is 11.8. The van der Waals surface area contributed by atoms with E-state index in [1.54, 1.807) is 30.3 Å². The number of aliphatic hydroxyl groups excluding tert-OH is 2. The molecule has 5 amide bonds. The molecule has 0 aliphatic carbocycles. The van der Waals surface area contributed by atoms with Crippen LogP contribution in [-0.4, -0.2) is 118 Å². The number of aliphatic hydroxyl groups is 2. The number of hydrogen-bond acceptors (Lipinski definition) is 11. The topological polar surface area (TPSA) is 334 Å². The van der Waals surface area contributed by atoms with Crippen LogP contribution in [0.4, 0.5) is 0 Å². The van der Waals surface area contributed by atoms with E-state index >= 15 is 0 Å². The predicted molar refractivity (Wildman–Crippen MR) is 187 cm³/mol. The predicted octanol–water partition coefficient (Wildman–Crippen LogP) is -3.93. The third kappa shape index (κ3) is 14.6. The maximum Gasteiger partial charge on any atom is 0.326 e. The van der Waals surface area contributed by atoms with Crippen molar-refractivity contribution in [2.45, 2.75) is 68.9 Å². The van der Waals surface area contributed by atoms with E-state index in [9.17, 15) is 44.1 Å². The molecule has 0 radical (unpaired) electrons. The molecule has 0 aliphatic rings. The number of amides is 5. The molecule has 6 atom stereocenters. The van der Waals surface area contributed by atoms with Gasteiger partial charge in [-0.2, -0.15) is 0 Å². The minimum Gasteiger partial charge on any atom is -0.508 e. The quantitative estimate of drug-likeness (QED) is 0.0332. The molecule has 19 heteroatoms. The second-order valence-electron chi connectivity index (χ2n) is 11.8. The zero-order valence-corrected chi connectivity index (χ0v) is 28.5. The third-order valence-electron chi connectivity index (χ3n) is 7.59. The number of benzene rings is 2. The van der Waals surface area contributed by atoms with Gasteiger partial charge in [0.1, 0.15) is 42.0 Å². The van der Waals surface area contributed by atoms with E-state index in [1.165, 1.54) is 31.2 Å². The molecule has 19 nitrogen and oxygen atoms in total. The number of aliphatic imine (C=N–C) groups is 1. The van der Waals surface area contributed by atoms with Gasteiger partial charge in [-0.05, 0) is 43.0 Å². The van der Waals surface area contributed by atoms with Gasteiger partial charge in [0, 0.05) is 19.4 Å². The van der Waals surface area contributed by atoms with Crippen molar-refractivity contribution in [2.24, 2.45) is 22.2 Å². The first-order valence-corrected chi connectivity index (χ1v) is 16.2. The largest absolute Gasteiger partial charge is 0.508 e. The lowest BCUT2D eigenvalue weighted by Crippen LogP contribution is -2.60. The molecule has 0 bridgehead atoms. The van der Waals surface area contributed by atoms with Crippen molar-refractivity contribution in [3.05, 3.63) is 65.7 Å². The Labute approximate surface area is 299 Å². The van der Waals surface area contributed by atoms with Crippen molar-refractivity contribution < 1.29 is 49.2 Å². The summed E-state index contributed by atoms with van der Waals surface area (Å²) in [5.41, 5.74) is 17.3. The summed E-state index contributed by atoms with van der Waals surface area (Å²) < 4.78 is 0. The molecule has 15 N–H and O–H groups in total. The minimum atomic E-state index is -1.64. The Morgan fingerprint density at radius 1 is 0.673 bits per heavy atom. The highest BCUT2D eigenvalue weighted by Gasteiger charge is 2.32. The van der Waals surface area contributed by atoms with Crippen molar-refractivity contribution in [1.29, 1.82) is 0 Å². The molecule has 52 heavy (non-hydrogen) atoms. The molecule has 2 aromatic carbocycles. The van der Waals surface area contributed by atoms with Crippen LogP contribution in [0.15, 0.2) is 59.6 Å². The Hall–Kier alpha value is -5.79. The highest BCUT2D eigenvalue weighted by atomic mass is 16.4. The first-order valence-electron chi connectivity index (χ1n) is 16.2. The standard InChI is InChI=1S/C33H47N9O10/c1-18(38-28(47)22(34)16-43)27(46)40-24(14-19-6-3-2-4-7-19)30(49)42-26(17-44)31(50)39-23(8-5-13-37-33(35)36)29(48)41-25(32(51)52)15-20-9-11-21(45)12-10-20/h2-4,6-7,9-12,18,22-26,43-45H,5,8,13-17,34H2,1H3,(H,38,47)(H,39,50)(H,40,46)(H,41,48)(H,42,49)(H,51,52)(H4,35,36,37)/t18-,22-,23-,24-,25-,26-/m0/s1. The number of carboxylic acid groups (broad SMARTS) is 1. The van der Waals surface area contributed by atoms with Crippen LogP contribution >= 0.6 is 0 Å². The molecule has 0 fully saturated rings. The SMILES string of the molecule is C[C@H](NC(=O)[C@@H](N)CO)C(=O)N[C@@H](Cc1ccccc1)C(=O)N[C@@H](CO)C(=O)N[C@@H](CCCN=C(N)N)C(=O)N[C@@H](Cc1ccc(O)cc1)C(=O)O. The van der Waals surface area contributed by atoms with Gasteiger partial charge in [-0.3, -0.25) is 29.0 Å². The summed E-state index contributed by atoms with van der Waals surface area (Å²) in [4.78, 5) is 81.2. The fourth-order valence-corrected chi connectivity index (χ4v) is 4.68. The average Bonchev–Trinajstić information content (AvgIpc) is 3.11. The monoisotopic (exact) mass is 729 g/mol. The molecule has 0 spiro atoms. The Morgan fingerprint density at radius 3 is 1.77 bits per heavy atom. The number of carbonyl (C=O) groups is 6. The Morgan fingerprint density at radius 2 is 1.19 bits per heavy atom. The molecular weight excluding hydrogens is 682 g/mol. The first kappa shape index (κ1) is 42.4. The van der Waals surface area contributed by atoms with E-state index in [-0.39, 0.29) is 43.9 Å². The van der Waals surface area contributed by atoms with E-state index < -0.39 is 85.0 Å². The van der Waals surface area contributed by atoms with Crippen molar-refractivity contribution in [3.63, 3.8) is 0 Å². The van der Waals surface area contributed by atoms with Gasteiger partial charge in [-0.25, -0.2) is 4.79 Å². The lowest BCUT2D eigenvalue weighted by atomic mass is 10.0. The Kier molecular flexibility index (Phi) is 17.5. The summed E-state index contributed by atoms with van der Waals surface area (Å²) in [7, 11) is 0. The van der Waals surface area contributed by atoms with Gasteiger partial charge < -0.3 is 64.2 Å². The van der Waals surface area contributed by atoms with Crippen molar-refractivity contribution in [2.75, 3.05) is 19.8 Å². The van der Waals surface area contributed by atoms with Gasteiger partial charge in [0.15, 0.2) is 5.96 Å². The summed E-state index contributed by atoms with van der Waals surface area (Å²) in [6.45, 7) is -0.209. The zero-order chi connectivity index (χ0) is 38.8. The first-order chi connectivity index (χ1) is 24.6. The number of rotatable bonds is 21. The van der Waals surface area contributed by atoms with Crippen molar-refractivity contribution >= 4 is 41.5 Å². The van der Waals surface area contributed by atoms with E-state index in [0.29, 0.717) is 11.1 Å². The van der Waals surface area contributed by atoms with Gasteiger partial charge in [-0.15, -0.1) is 0 Å². The van der Waals surface area contributed by atoms with Crippen molar-refractivity contribution in [1.82, 2.24) is 26.6 Å². The maximum atomic E-state index is 13.5. The van der Waals surface area contributed by atoms with Crippen LogP contribution in [-0.2, 0) is 41.6 Å². The Balaban J connectivity index is 2.24. The number of hydrogen-bond donors (Lipinski definition) is 12. The molecule has 0 heterocycles. The number of phenolic OH excluding ortho intramolecular Hbond substituents is 1. The maximum absolute atomic E-state index is 13.5. The zero-order valence-electron chi connectivity index (χ0n) is 28.5. The fourth-order valence-electron chi connectivity index (χ4n) is 4.68. The molecule has 0 unspecified atom stereocenters. The smallest absolute Gasteiger partial charge is 0.326 e. The molecule has 0 aliphatic heterocycles. The van der Waals surface area contributed by atoms with Gasteiger partial charge in [0.25, 0.3) is 0 Å². The molecule has 0 saturated carbocycles. The highest BCUT2D eigenvalue weighted by molar-refractivity contribution is 5.96. The fraction of sp³-hybridized carbons (Fsp3) is 0.424. The number of aliphatic carboxylic acids is 1. The lowest BCUT2D eigenvalue weighted by molar-refractivity contribution is -0.142. The second kappa shape index (κ2) is 21.4. The molecule has 0 aromatic heterocycles. The van der Waals surface area contributed by atoms with E-state index in [0.717, 1.165) is 0 Å². The highest BCUT2D eigenvalue weighted by Crippen LogP contribution is 2.12. The normalized spacial score (nSPS) is 14.2. The third-order valence-corrected chi connectivity index (χ3v) is 7.59. The number of carbonyl (C=O) groups excluding carboxylic acids is 5. The van der Waals surface area contributed by atoms with Gasteiger partial charge in [0.2, 0.25) is 29.5 Å². The summed E-state index contributed by atoms with van der Waals surface area (Å²) in [6, 6.07) is 5.96. The van der Waals surface area contributed by atoms with Gasteiger partial charge in [0.05, 0.1) is 13.2 Å². The number of guanidine groups is 1. The molecule has 284 valence electrons. The van der Waals surface area contributed by atoms with E-state index in [1.807, 2.05) is 0 Å². The van der Waals surface area contributed by atoms with E-state index in [2.05, 4.69) is 31.6 Å². The van der Waals surface area contributed by atoms with Gasteiger partial charge >= 0.3 is 5.97 Å². The van der Waals surface area contributed by atoms with Crippen LogP contribution in [0.2, 0.25) is 0 Å². The molecule has 2 aromatic rings. The Bertz CT molecular complexity index is 1540. The molecule has 0 saturated heterocycles. The summed E-state index contributed by atoms with van der Waals surface area (Å²) in [6.07, 6.45) is -0.147. The number of nitrogens with two attached hydrogens (primary N) is 3. The van der Waals surface area contributed by atoms with Crippen LogP contribution in [0.5, 0.6) is 5.75 Å². The van der Waals surface area contributed by atoms with Crippen LogP contribution < -0.4 is 43.8 Å². The van der Waals surface area contributed by atoms with Crippen molar-refractivity contribution in [3.8, 4) is 5.75 Å². The molecular formula is C33H47N9O10. The number of nitrogens with zero attached hydrogens (tertiary/aromatic N) is 1. The van der Waals surface area contributed by atoms with Crippen LogP contribution in [0.25, 0.3) is 0 Å². The lowest BCUT2D eigenvalue weighted by Gasteiger charge is -2.26. The summed E-state index contributed by atoms with van der Waals surface area (Å²) in [5, 5.41) is 50.6. The number of aromatic hydroxyl groups is 1. The number of phenols is 1. The van der Waals surface area contributed by atoms with E-state index in [4.69, 9.17) is 22.3 Å². The van der Waals surface area contributed by atoms with Gasteiger partial charge in [-0.1, -0.05) is 42.5 Å². The average molecular weight is 730 g/mol. The summed E-state index contributed by atoms with van der Waals surface area (Å²) in [5.74, 6) is -6.02. The van der Waals surface area contributed by atoms with Crippen LogP contribution in [0.3, 0.4) is 0 Å². The summed E-state index contributed by atoms with van der Waals surface area (Å²) >= 11 is 0. The number of carboxylic acids is 1. The number of nitrogens with one attached hydrogen (secondary N) is 5. The minimum absolute atomic E-state index is 0.0370. The van der Waals surface area contributed by atoms with Crippen LogP contribution in [0.1, 0.15) is 30.9 Å².